The van der Waals surface area contributed by atoms with Crippen molar-refractivity contribution in [2.45, 2.75) is 6.92 Å². The number of aromatic nitrogens is 3. The van der Waals surface area contributed by atoms with Crippen molar-refractivity contribution in [2.75, 3.05) is 18.6 Å². The second-order valence-electron chi connectivity index (χ2n) is 5.90. The van der Waals surface area contributed by atoms with E-state index in [1.54, 1.807) is 32.4 Å². The first-order chi connectivity index (χ1) is 11.7. The van der Waals surface area contributed by atoms with Gasteiger partial charge in [-0.1, -0.05) is 11.6 Å². The number of halogens is 3. The maximum Gasteiger partial charge on any atom is 0.224 e. The molecule has 0 amide bonds. The number of rotatable bonds is 3. The van der Waals surface area contributed by atoms with E-state index in [4.69, 9.17) is 23.2 Å². The van der Waals surface area contributed by atoms with Crippen LogP contribution >= 0.6 is 30.3 Å². The van der Waals surface area contributed by atoms with E-state index < -0.39 is 13.0 Å². The number of aryl methyl sites for hydroxylation is 1. The van der Waals surface area contributed by atoms with Crippen molar-refractivity contribution in [3.63, 3.8) is 0 Å². The molecular weight excluding hydrogens is 385 g/mol. The van der Waals surface area contributed by atoms with Gasteiger partial charge in [-0.25, -0.2) is 9.37 Å². The molecule has 3 rings (SSSR count). The van der Waals surface area contributed by atoms with Crippen LogP contribution in [0.1, 0.15) is 5.69 Å². The SMILES string of the molecule is Cc1nc2ccc(Nc3nc(Cl)ncc3Cl)c(P(C)(C)=O)c2cc1F. The average molecular weight is 399 g/mol. The van der Waals surface area contributed by atoms with Crippen LogP contribution in [0.2, 0.25) is 10.3 Å². The Balaban J connectivity index is 2.26. The standard InChI is InChI=1S/C16H14Cl2FN4OP/c1-8-11(19)6-9-12(21-8)4-5-13(14(9)25(2,3)24)22-15-10(17)7-20-16(18)23-15/h4-7H,1-3H3,(H,20,22,23). The smallest absolute Gasteiger partial charge is 0.224 e. The van der Waals surface area contributed by atoms with Crippen molar-refractivity contribution < 1.29 is 8.96 Å². The zero-order valence-electron chi connectivity index (χ0n) is 13.6. The quantitative estimate of drug-likeness (QED) is 0.508. The third-order valence-electron chi connectivity index (χ3n) is 3.61. The van der Waals surface area contributed by atoms with Gasteiger partial charge in [0.2, 0.25) is 5.28 Å². The van der Waals surface area contributed by atoms with E-state index in [9.17, 15) is 8.96 Å². The van der Waals surface area contributed by atoms with Gasteiger partial charge in [0, 0.05) is 10.7 Å². The molecule has 0 radical (unpaired) electrons. The fourth-order valence-electron chi connectivity index (χ4n) is 2.54. The molecule has 1 N–H and O–H groups in total. The van der Waals surface area contributed by atoms with Gasteiger partial charge in [-0.15, -0.1) is 0 Å². The third kappa shape index (κ3) is 3.61. The Bertz CT molecular complexity index is 1040. The predicted molar refractivity (Wildman–Crippen MR) is 101 cm³/mol. The summed E-state index contributed by atoms with van der Waals surface area (Å²) in [5.41, 5.74) is 1.35. The Kier molecular flexibility index (Phi) is 4.71. The van der Waals surface area contributed by atoms with Gasteiger partial charge < -0.3 is 9.88 Å². The van der Waals surface area contributed by atoms with E-state index in [1.165, 1.54) is 12.3 Å². The highest BCUT2D eigenvalue weighted by atomic mass is 35.5. The highest BCUT2D eigenvalue weighted by molar-refractivity contribution is 7.71. The molecule has 9 heteroatoms. The summed E-state index contributed by atoms with van der Waals surface area (Å²) in [6, 6.07) is 4.79. The Morgan fingerprint density at radius 1 is 1.20 bits per heavy atom. The van der Waals surface area contributed by atoms with Crippen molar-refractivity contribution in [2.24, 2.45) is 0 Å². The van der Waals surface area contributed by atoms with E-state index >= 15 is 0 Å². The summed E-state index contributed by atoms with van der Waals surface area (Å²) in [5.74, 6) is -0.182. The van der Waals surface area contributed by atoms with Gasteiger partial charge in [0.25, 0.3) is 0 Å². The van der Waals surface area contributed by atoms with Gasteiger partial charge in [-0.05, 0) is 50.1 Å². The number of hydrogen-bond acceptors (Lipinski definition) is 5. The van der Waals surface area contributed by atoms with Crippen LogP contribution < -0.4 is 10.6 Å². The molecule has 2 heterocycles. The Labute approximate surface area is 154 Å². The number of nitrogens with zero attached hydrogens (tertiary/aromatic N) is 3. The molecular formula is C16H14Cl2FN4OP. The van der Waals surface area contributed by atoms with Crippen LogP contribution in [0.15, 0.2) is 24.4 Å². The lowest BCUT2D eigenvalue weighted by atomic mass is 10.1. The van der Waals surface area contributed by atoms with Gasteiger partial charge in [0.1, 0.15) is 18.0 Å². The van der Waals surface area contributed by atoms with Crippen LogP contribution in [-0.4, -0.2) is 28.3 Å². The van der Waals surface area contributed by atoms with Crippen molar-refractivity contribution in [3.8, 4) is 0 Å². The molecule has 1 aromatic carbocycles. The summed E-state index contributed by atoms with van der Waals surface area (Å²) < 4.78 is 27.0. The molecule has 0 aliphatic carbocycles. The molecule has 0 aliphatic rings. The molecule has 3 aromatic rings. The fourth-order valence-corrected chi connectivity index (χ4v) is 4.29. The maximum atomic E-state index is 14.1. The van der Waals surface area contributed by atoms with E-state index in [1.807, 2.05) is 0 Å². The molecule has 5 nitrogen and oxygen atoms in total. The largest absolute Gasteiger partial charge is 0.338 e. The van der Waals surface area contributed by atoms with E-state index in [2.05, 4.69) is 20.3 Å². The molecule has 0 saturated heterocycles. The summed E-state index contributed by atoms with van der Waals surface area (Å²) in [7, 11) is -2.79. The van der Waals surface area contributed by atoms with Crippen LogP contribution in [0.5, 0.6) is 0 Å². The van der Waals surface area contributed by atoms with E-state index in [0.717, 1.165) is 0 Å². The first kappa shape index (κ1) is 18.1. The molecule has 0 atom stereocenters. The minimum atomic E-state index is -2.79. The normalized spacial score (nSPS) is 11.8. The Morgan fingerprint density at radius 2 is 1.92 bits per heavy atom. The van der Waals surface area contributed by atoms with Crippen molar-refractivity contribution in [1.82, 2.24) is 15.0 Å². The summed E-state index contributed by atoms with van der Waals surface area (Å²) in [6.45, 7) is 4.80. The predicted octanol–water partition coefficient (Wildman–Crippen LogP) is 4.77. The van der Waals surface area contributed by atoms with Gasteiger partial charge in [-0.2, -0.15) is 4.98 Å². The Morgan fingerprint density at radius 3 is 2.60 bits per heavy atom. The van der Waals surface area contributed by atoms with Crippen molar-refractivity contribution >= 4 is 58.1 Å². The molecule has 0 aliphatic heterocycles. The van der Waals surface area contributed by atoms with Crippen LogP contribution in [-0.2, 0) is 4.57 Å². The number of fused-ring (bicyclic) bond motifs is 1. The number of hydrogen-bond donors (Lipinski definition) is 1. The zero-order valence-corrected chi connectivity index (χ0v) is 16.0. The molecule has 0 spiro atoms. The maximum absolute atomic E-state index is 14.1. The zero-order chi connectivity index (χ0) is 18.4. The highest BCUT2D eigenvalue weighted by Gasteiger charge is 2.22. The van der Waals surface area contributed by atoms with Gasteiger partial charge in [0.05, 0.1) is 23.1 Å². The lowest BCUT2D eigenvalue weighted by Gasteiger charge is -2.18. The molecule has 130 valence electrons. The molecule has 0 bridgehead atoms. The molecule has 2 aromatic heterocycles. The molecule has 0 fully saturated rings. The monoisotopic (exact) mass is 398 g/mol. The summed E-state index contributed by atoms with van der Waals surface area (Å²) >= 11 is 11.9. The fraction of sp³-hybridized carbons (Fsp3) is 0.188. The van der Waals surface area contributed by atoms with Crippen LogP contribution in [0, 0.1) is 12.7 Å². The van der Waals surface area contributed by atoms with Crippen LogP contribution in [0.3, 0.4) is 0 Å². The lowest BCUT2D eigenvalue weighted by Crippen LogP contribution is -2.13. The summed E-state index contributed by atoms with van der Waals surface area (Å²) in [4.78, 5) is 12.1. The van der Waals surface area contributed by atoms with Gasteiger partial charge in [0.15, 0.2) is 5.82 Å². The second-order valence-corrected chi connectivity index (χ2v) is 9.79. The second kappa shape index (κ2) is 6.52. The van der Waals surface area contributed by atoms with Crippen molar-refractivity contribution in [3.05, 3.63) is 46.2 Å². The van der Waals surface area contributed by atoms with Crippen LogP contribution in [0.25, 0.3) is 10.9 Å². The number of nitrogens with one attached hydrogen (secondary N) is 1. The van der Waals surface area contributed by atoms with E-state index in [-0.39, 0.29) is 21.8 Å². The first-order valence-electron chi connectivity index (χ1n) is 7.27. The first-order valence-corrected chi connectivity index (χ1v) is 10.6. The minimum absolute atomic E-state index is 0.0220. The molecule has 0 unspecified atom stereocenters. The van der Waals surface area contributed by atoms with Crippen LogP contribution in [0.4, 0.5) is 15.9 Å². The lowest BCUT2D eigenvalue weighted by molar-refractivity contribution is 0.588. The average Bonchev–Trinajstić information content (AvgIpc) is 2.51. The van der Waals surface area contributed by atoms with Crippen molar-refractivity contribution in [1.29, 1.82) is 0 Å². The van der Waals surface area contributed by atoms with E-state index in [0.29, 0.717) is 21.9 Å². The summed E-state index contributed by atoms with van der Waals surface area (Å²) in [5, 5.41) is 4.26. The van der Waals surface area contributed by atoms with Gasteiger partial charge >= 0.3 is 0 Å². The molecule has 0 saturated carbocycles. The number of benzene rings is 1. The Hall–Kier alpha value is -1.75. The number of anilines is 2. The minimum Gasteiger partial charge on any atom is -0.338 e. The molecule has 25 heavy (non-hydrogen) atoms. The highest BCUT2D eigenvalue weighted by Crippen LogP contribution is 2.42. The summed E-state index contributed by atoms with van der Waals surface area (Å²) in [6.07, 6.45) is 1.36. The van der Waals surface area contributed by atoms with Gasteiger partial charge in [-0.3, -0.25) is 4.98 Å². The third-order valence-corrected chi connectivity index (χ3v) is 5.62. The topological polar surface area (TPSA) is 67.8 Å². The number of pyridine rings is 1.